The van der Waals surface area contributed by atoms with Gasteiger partial charge in [0.25, 0.3) is 0 Å². The second-order valence-electron chi connectivity index (χ2n) is 5.39. The van der Waals surface area contributed by atoms with Gasteiger partial charge in [0, 0.05) is 50.4 Å². The number of methoxy groups -OCH3 is 1. The van der Waals surface area contributed by atoms with Crippen molar-refractivity contribution in [1.29, 1.82) is 0 Å². The van der Waals surface area contributed by atoms with Crippen LogP contribution in [0.5, 0.6) is 0 Å². The average Bonchev–Trinajstić information content (AvgIpc) is 2.55. The highest BCUT2D eigenvalue weighted by molar-refractivity contribution is 5.77. The first-order valence-electron chi connectivity index (χ1n) is 7.55. The van der Waals surface area contributed by atoms with Gasteiger partial charge in [-0.2, -0.15) is 0 Å². The third-order valence-corrected chi connectivity index (χ3v) is 3.89. The number of hydrogen-bond acceptors (Lipinski definition) is 5. The second kappa shape index (κ2) is 7.68. The molecule has 1 amide bonds. The maximum atomic E-state index is 12.1. The van der Waals surface area contributed by atoms with E-state index in [1.807, 2.05) is 29.2 Å². The predicted molar refractivity (Wildman–Crippen MR) is 85.5 cm³/mol. The monoisotopic (exact) mass is 305 g/mol. The minimum atomic E-state index is -0.263. The zero-order valence-electron chi connectivity index (χ0n) is 13.0. The molecular weight excluding hydrogens is 282 g/mol. The van der Waals surface area contributed by atoms with Crippen molar-refractivity contribution in [1.82, 2.24) is 4.90 Å². The molecule has 2 N–H and O–H groups in total. The molecule has 22 heavy (non-hydrogen) atoms. The van der Waals surface area contributed by atoms with Gasteiger partial charge in [-0.3, -0.25) is 9.59 Å². The number of piperazine rings is 1. The number of benzene rings is 1. The number of hydrogen-bond donors (Lipinski definition) is 1. The number of esters is 1. The molecule has 1 fully saturated rings. The normalized spacial score (nSPS) is 14.8. The molecule has 0 aromatic heterocycles. The van der Waals surface area contributed by atoms with Crippen molar-refractivity contribution in [3.05, 3.63) is 24.3 Å². The van der Waals surface area contributed by atoms with E-state index in [1.54, 1.807) is 0 Å². The minimum absolute atomic E-state index is 0.112. The number of amides is 1. The zero-order chi connectivity index (χ0) is 15.9. The van der Waals surface area contributed by atoms with Crippen LogP contribution in [0.15, 0.2) is 24.3 Å². The fourth-order valence-corrected chi connectivity index (χ4v) is 2.54. The Kier molecular flexibility index (Phi) is 5.63. The summed E-state index contributed by atoms with van der Waals surface area (Å²) in [7, 11) is 1.36. The number of anilines is 2. The van der Waals surface area contributed by atoms with Crippen LogP contribution in [-0.4, -0.2) is 50.1 Å². The van der Waals surface area contributed by atoms with Crippen molar-refractivity contribution in [3.8, 4) is 0 Å². The highest BCUT2D eigenvalue weighted by Crippen LogP contribution is 2.18. The molecule has 120 valence electrons. The van der Waals surface area contributed by atoms with Crippen molar-refractivity contribution in [2.45, 2.75) is 19.3 Å². The number of nitrogen functional groups attached to an aromatic ring is 1. The molecule has 1 aliphatic rings. The van der Waals surface area contributed by atoms with E-state index in [9.17, 15) is 9.59 Å². The van der Waals surface area contributed by atoms with Crippen molar-refractivity contribution in [2.24, 2.45) is 0 Å². The Bertz CT molecular complexity index is 508. The average molecular weight is 305 g/mol. The molecule has 1 saturated heterocycles. The molecule has 0 aliphatic carbocycles. The van der Waals surface area contributed by atoms with E-state index in [0.29, 0.717) is 32.4 Å². The van der Waals surface area contributed by atoms with Gasteiger partial charge in [-0.25, -0.2) is 0 Å². The van der Waals surface area contributed by atoms with Gasteiger partial charge in [-0.05, 0) is 30.7 Å². The van der Waals surface area contributed by atoms with Crippen LogP contribution in [0.4, 0.5) is 11.4 Å². The Morgan fingerprint density at radius 2 is 1.73 bits per heavy atom. The summed E-state index contributed by atoms with van der Waals surface area (Å²) in [4.78, 5) is 27.2. The molecule has 1 aromatic rings. The van der Waals surface area contributed by atoms with Crippen molar-refractivity contribution in [3.63, 3.8) is 0 Å². The number of carbonyl (C=O) groups is 2. The first-order valence-corrected chi connectivity index (χ1v) is 7.55. The lowest BCUT2D eigenvalue weighted by Crippen LogP contribution is -2.48. The van der Waals surface area contributed by atoms with E-state index in [1.165, 1.54) is 7.11 Å². The molecule has 0 atom stereocenters. The van der Waals surface area contributed by atoms with Gasteiger partial charge in [-0.15, -0.1) is 0 Å². The second-order valence-corrected chi connectivity index (χ2v) is 5.39. The molecule has 1 heterocycles. The Hall–Kier alpha value is -2.24. The number of carbonyl (C=O) groups excluding carboxylic acids is 2. The molecule has 2 rings (SSSR count). The van der Waals surface area contributed by atoms with Gasteiger partial charge < -0.3 is 20.3 Å². The van der Waals surface area contributed by atoms with Crippen molar-refractivity contribution in [2.75, 3.05) is 43.9 Å². The van der Waals surface area contributed by atoms with E-state index in [2.05, 4.69) is 9.64 Å². The summed E-state index contributed by atoms with van der Waals surface area (Å²) >= 11 is 0. The van der Waals surface area contributed by atoms with Gasteiger partial charge >= 0.3 is 5.97 Å². The fraction of sp³-hybridized carbons (Fsp3) is 0.500. The summed E-state index contributed by atoms with van der Waals surface area (Å²) in [5.41, 5.74) is 7.58. The lowest BCUT2D eigenvalue weighted by molar-refractivity contribution is -0.140. The molecule has 1 aliphatic heterocycles. The van der Waals surface area contributed by atoms with Gasteiger partial charge in [0.2, 0.25) is 5.91 Å². The largest absolute Gasteiger partial charge is 0.469 e. The topological polar surface area (TPSA) is 75.9 Å². The summed E-state index contributed by atoms with van der Waals surface area (Å²) in [5.74, 6) is -0.151. The molecule has 0 bridgehead atoms. The Morgan fingerprint density at radius 1 is 1.09 bits per heavy atom. The van der Waals surface area contributed by atoms with Crippen LogP contribution in [0, 0.1) is 0 Å². The van der Waals surface area contributed by atoms with Crippen LogP contribution < -0.4 is 10.6 Å². The molecule has 0 spiro atoms. The number of nitrogens with zero attached hydrogens (tertiary/aromatic N) is 2. The number of rotatable bonds is 5. The van der Waals surface area contributed by atoms with Crippen LogP contribution >= 0.6 is 0 Å². The lowest BCUT2D eigenvalue weighted by atomic mass is 10.2. The molecule has 0 saturated carbocycles. The highest BCUT2D eigenvalue weighted by atomic mass is 16.5. The van der Waals surface area contributed by atoms with Crippen LogP contribution in [0.25, 0.3) is 0 Å². The summed E-state index contributed by atoms with van der Waals surface area (Å²) in [5, 5.41) is 0. The first-order chi connectivity index (χ1) is 10.6. The van der Waals surface area contributed by atoms with Crippen LogP contribution in [-0.2, 0) is 14.3 Å². The third kappa shape index (κ3) is 4.38. The fourth-order valence-electron chi connectivity index (χ4n) is 2.54. The molecule has 0 radical (unpaired) electrons. The predicted octanol–water partition coefficient (Wildman–Crippen LogP) is 1.26. The van der Waals surface area contributed by atoms with E-state index >= 15 is 0 Å². The van der Waals surface area contributed by atoms with Crippen LogP contribution in [0.3, 0.4) is 0 Å². The summed E-state index contributed by atoms with van der Waals surface area (Å²) in [6.07, 6.45) is 1.24. The van der Waals surface area contributed by atoms with Crippen molar-refractivity contribution >= 4 is 23.3 Å². The Labute approximate surface area is 130 Å². The maximum absolute atomic E-state index is 12.1. The van der Waals surface area contributed by atoms with E-state index in [0.717, 1.165) is 24.5 Å². The van der Waals surface area contributed by atoms with E-state index in [-0.39, 0.29) is 11.9 Å². The molecule has 1 aromatic carbocycles. The van der Waals surface area contributed by atoms with Gasteiger partial charge in [0.15, 0.2) is 0 Å². The van der Waals surface area contributed by atoms with Gasteiger partial charge in [0.1, 0.15) is 0 Å². The maximum Gasteiger partial charge on any atom is 0.305 e. The highest BCUT2D eigenvalue weighted by Gasteiger charge is 2.21. The smallest absolute Gasteiger partial charge is 0.305 e. The number of ether oxygens (including phenoxy) is 1. The Morgan fingerprint density at radius 3 is 2.32 bits per heavy atom. The molecule has 0 unspecified atom stereocenters. The first kappa shape index (κ1) is 16.1. The summed E-state index contributed by atoms with van der Waals surface area (Å²) in [6, 6.07) is 7.78. The molecular formula is C16H23N3O3. The summed E-state index contributed by atoms with van der Waals surface area (Å²) in [6.45, 7) is 3.04. The molecule has 6 nitrogen and oxygen atoms in total. The minimum Gasteiger partial charge on any atom is -0.469 e. The van der Waals surface area contributed by atoms with Gasteiger partial charge in [0.05, 0.1) is 7.11 Å². The third-order valence-electron chi connectivity index (χ3n) is 3.89. The van der Waals surface area contributed by atoms with Crippen molar-refractivity contribution < 1.29 is 14.3 Å². The van der Waals surface area contributed by atoms with Crippen LogP contribution in [0.2, 0.25) is 0 Å². The lowest BCUT2D eigenvalue weighted by Gasteiger charge is -2.36. The molecule has 6 heteroatoms. The standard InChI is InChI=1S/C16H23N3O3/c1-22-16(21)4-2-3-15(20)19-11-9-18(10-12-19)14-7-5-13(17)6-8-14/h5-8H,2-4,9-12,17H2,1H3. The van der Waals surface area contributed by atoms with E-state index in [4.69, 9.17) is 5.73 Å². The quantitative estimate of drug-likeness (QED) is 0.655. The zero-order valence-corrected chi connectivity index (χ0v) is 13.0. The van der Waals surface area contributed by atoms with Crippen LogP contribution in [0.1, 0.15) is 19.3 Å². The van der Waals surface area contributed by atoms with E-state index < -0.39 is 0 Å². The summed E-state index contributed by atoms with van der Waals surface area (Å²) < 4.78 is 4.57. The SMILES string of the molecule is COC(=O)CCCC(=O)N1CCN(c2ccc(N)cc2)CC1. The Balaban J connectivity index is 1.75. The van der Waals surface area contributed by atoms with Gasteiger partial charge in [-0.1, -0.05) is 0 Å². The number of nitrogens with two attached hydrogens (primary N) is 1.